The zero-order valence-corrected chi connectivity index (χ0v) is 20.8. The highest BCUT2D eigenvalue weighted by Gasteiger charge is 2.38. The molecule has 3 aromatic rings. The summed E-state index contributed by atoms with van der Waals surface area (Å²) in [4.78, 5) is 16.2. The first kappa shape index (κ1) is 27.1. The predicted molar refractivity (Wildman–Crippen MR) is 132 cm³/mol. The number of nitrogens with one attached hydrogen (secondary N) is 1. The van der Waals surface area contributed by atoms with Gasteiger partial charge < -0.3 is 20.1 Å². The molecule has 6 nitrogen and oxygen atoms in total. The molecule has 4 rings (SSSR count). The van der Waals surface area contributed by atoms with Gasteiger partial charge in [-0.3, -0.25) is 0 Å². The van der Waals surface area contributed by atoms with E-state index in [1.54, 1.807) is 24.5 Å². The molecule has 0 saturated carbocycles. The molecule has 0 atom stereocenters. The van der Waals surface area contributed by atoms with Crippen LogP contribution in [0.25, 0.3) is 11.3 Å². The number of carboxylic acids is 1. The van der Waals surface area contributed by atoms with Crippen molar-refractivity contribution in [3.05, 3.63) is 57.9 Å². The van der Waals surface area contributed by atoms with Crippen LogP contribution in [0.15, 0.2) is 47.8 Å². The van der Waals surface area contributed by atoms with Gasteiger partial charge in [0.15, 0.2) is 5.13 Å². The van der Waals surface area contributed by atoms with Crippen molar-refractivity contribution in [2.24, 2.45) is 0 Å². The van der Waals surface area contributed by atoms with Crippen molar-refractivity contribution < 1.29 is 27.8 Å². The molecule has 1 saturated heterocycles. The number of hydrogen-bond donors (Lipinski definition) is 2. The van der Waals surface area contributed by atoms with E-state index in [-0.39, 0.29) is 0 Å². The average molecular weight is 548 g/mol. The van der Waals surface area contributed by atoms with E-state index in [0.29, 0.717) is 16.1 Å². The number of halogens is 5. The fourth-order valence-electron chi connectivity index (χ4n) is 3.48. The summed E-state index contributed by atoms with van der Waals surface area (Å²) in [5.41, 5.74) is 2.82. The first-order chi connectivity index (χ1) is 16.6. The number of hydrogen-bond acceptors (Lipinski definition) is 6. The number of alkyl halides is 3. The summed E-state index contributed by atoms with van der Waals surface area (Å²) in [7, 11) is 1.68. The molecule has 0 aliphatic carbocycles. The number of piperidine rings is 1. The van der Waals surface area contributed by atoms with Crippen molar-refractivity contribution in [2.75, 3.05) is 25.1 Å². The van der Waals surface area contributed by atoms with Gasteiger partial charge in [-0.15, -0.1) is 11.3 Å². The zero-order chi connectivity index (χ0) is 25.6. The molecule has 1 aromatic heterocycles. The zero-order valence-electron chi connectivity index (χ0n) is 18.5. The minimum atomic E-state index is -5.08. The topological polar surface area (TPSA) is 74.7 Å². The van der Waals surface area contributed by atoms with E-state index in [4.69, 9.17) is 42.8 Å². The highest BCUT2D eigenvalue weighted by molar-refractivity contribution is 7.14. The molecule has 12 heteroatoms. The van der Waals surface area contributed by atoms with Crippen molar-refractivity contribution in [2.45, 2.75) is 25.1 Å². The Balaban J connectivity index is 0.000000429. The Hall–Kier alpha value is -2.53. The second-order valence-corrected chi connectivity index (χ2v) is 9.17. The number of ether oxygens (including phenoxy) is 1. The van der Waals surface area contributed by atoms with Gasteiger partial charge in [-0.1, -0.05) is 23.2 Å². The SMILES string of the molecule is COc1ccc(N(c2nc(-c3cc(Cl)ccc3Cl)cs2)C2CCNCC2)cc1.O=C(O)C(F)(F)F. The molecule has 1 fully saturated rings. The molecule has 1 aliphatic rings. The monoisotopic (exact) mass is 547 g/mol. The number of aromatic nitrogens is 1. The van der Waals surface area contributed by atoms with E-state index >= 15 is 0 Å². The van der Waals surface area contributed by atoms with Crippen LogP contribution in [0.3, 0.4) is 0 Å². The number of carbonyl (C=O) groups is 1. The second kappa shape index (κ2) is 11.9. The van der Waals surface area contributed by atoms with Crippen molar-refractivity contribution in [1.82, 2.24) is 10.3 Å². The third-order valence-corrected chi connectivity index (χ3v) is 6.57. The summed E-state index contributed by atoms with van der Waals surface area (Å²) in [5, 5.41) is 14.9. The minimum absolute atomic E-state index is 0.392. The van der Waals surface area contributed by atoms with Gasteiger partial charge in [0, 0.05) is 27.7 Å². The Kier molecular flexibility index (Phi) is 9.23. The van der Waals surface area contributed by atoms with E-state index < -0.39 is 12.1 Å². The maximum atomic E-state index is 10.6. The van der Waals surface area contributed by atoms with Gasteiger partial charge in [0.05, 0.1) is 17.8 Å². The Labute approximate surface area is 214 Å². The minimum Gasteiger partial charge on any atom is -0.497 e. The fourth-order valence-corrected chi connectivity index (χ4v) is 4.78. The Morgan fingerprint density at radius 2 is 1.80 bits per heavy atom. The highest BCUT2D eigenvalue weighted by atomic mass is 35.5. The fraction of sp³-hybridized carbons (Fsp3) is 0.304. The Morgan fingerprint density at radius 1 is 1.17 bits per heavy atom. The molecular weight excluding hydrogens is 526 g/mol. The largest absolute Gasteiger partial charge is 0.497 e. The molecule has 188 valence electrons. The van der Waals surface area contributed by atoms with Crippen LogP contribution < -0.4 is 15.0 Å². The van der Waals surface area contributed by atoms with Gasteiger partial charge >= 0.3 is 12.1 Å². The van der Waals surface area contributed by atoms with Gasteiger partial charge in [-0.25, -0.2) is 9.78 Å². The third-order valence-electron chi connectivity index (χ3n) is 5.17. The molecule has 0 radical (unpaired) electrons. The number of carboxylic acid groups (broad SMARTS) is 1. The summed E-state index contributed by atoms with van der Waals surface area (Å²) in [6.07, 6.45) is -2.95. The maximum Gasteiger partial charge on any atom is 0.490 e. The molecule has 1 aliphatic heterocycles. The molecular formula is C23H22Cl2F3N3O3S. The van der Waals surface area contributed by atoms with Crippen LogP contribution >= 0.6 is 34.5 Å². The van der Waals surface area contributed by atoms with E-state index in [0.717, 1.165) is 53.8 Å². The lowest BCUT2D eigenvalue weighted by molar-refractivity contribution is -0.192. The van der Waals surface area contributed by atoms with Gasteiger partial charge in [-0.2, -0.15) is 13.2 Å². The number of rotatable bonds is 5. The van der Waals surface area contributed by atoms with Crippen LogP contribution in [0.1, 0.15) is 12.8 Å². The summed E-state index contributed by atoms with van der Waals surface area (Å²) in [5.74, 6) is -1.91. The molecule has 0 spiro atoms. The van der Waals surface area contributed by atoms with Crippen LogP contribution in [0.5, 0.6) is 5.75 Å². The van der Waals surface area contributed by atoms with Crippen molar-refractivity contribution in [3.8, 4) is 17.0 Å². The smallest absolute Gasteiger partial charge is 0.490 e. The standard InChI is InChI=1S/C21H21Cl2N3OS.C2HF3O2/c1-27-17-5-3-15(4-6-17)26(16-8-10-24-11-9-16)21-25-20(13-28-21)18-12-14(22)2-7-19(18)23;3-2(4,5)1(6)7/h2-7,12-13,16,24H,8-11H2,1H3;(H,6,7). The molecule has 35 heavy (non-hydrogen) atoms. The Morgan fingerprint density at radius 3 is 2.37 bits per heavy atom. The van der Waals surface area contributed by atoms with Crippen LogP contribution in [0, 0.1) is 0 Å². The summed E-state index contributed by atoms with van der Waals surface area (Å²) >= 11 is 14.2. The summed E-state index contributed by atoms with van der Waals surface area (Å²) < 4.78 is 37.1. The molecule has 2 heterocycles. The molecule has 0 bridgehead atoms. The van der Waals surface area contributed by atoms with Gasteiger partial charge in [-0.05, 0) is 68.4 Å². The van der Waals surface area contributed by atoms with Crippen LogP contribution in [0.2, 0.25) is 10.0 Å². The van der Waals surface area contributed by atoms with E-state index in [1.807, 2.05) is 29.6 Å². The highest BCUT2D eigenvalue weighted by Crippen LogP contribution is 2.38. The Bertz CT molecular complexity index is 1140. The number of nitrogens with zero attached hydrogens (tertiary/aromatic N) is 2. The molecule has 0 unspecified atom stereocenters. The molecule has 2 aromatic carbocycles. The number of aliphatic carboxylic acids is 1. The number of anilines is 2. The number of thiazole rings is 1. The number of benzene rings is 2. The first-order valence-corrected chi connectivity index (χ1v) is 12.1. The van der Waals surface area contributed by atoms with Crippen molar-refractivity contribution >= 4 is 51.3 Å². The van der Waals surface area contributed by atoms with Crippen LogP contribution in [-0.4, -0.2) is 48.5 Å². The lowest BCUT2D eigenvalue weighted by atomic mass is 10.0. The van der Waals surface area contributed by atoms with Gasteiger partial charge in [0.1, 0.15) is 5.75 Å². The van der Waals surface area contributed by atoms with Crippen molar-refractivity contribution in [3.63, 3.8) is 0 Å². The van der Waals surface area contributed by atoms with Gasteiger partial charge in [0.25, 0.3) is 0 Å². The van der Waals surface area contributed by atoms with Crippen LogP contribution in [-0.2, 0) is 4.79 Å². The molecule has 2 N–H and O–H groups in total. The summed E-state index contributed by atoms with van der Waals surface area (Å²) in [6.45, 7) is 2.02. The first-order valence-electron chi connectivity index (χ1n) is 10.4. The number of methoxy groups -OCH3 is 1. The van der Waals surface area contributed by atoms with Gasteiger partial charge in [0.2, 0.25) is 0 Å². The lowest BCUT2D eigenvalue weighted by Gasteiger charge is -2.34. The van der Waals surface area contributed by atoms with E-state index in [2.05, 4.69) is 22.3 Å². The van der Waals surface area contributed by atoms with E-state index in [1.165, 1.54) is 0 Å². The van der Waals surface area contributed by atoms with Crippen LogP contribution in [0.4, 0.5) is 24.0 Å². The van der Waals surface area contributed by atoms with E-state index in [9.17, 15) is 13.2 Å². The predicted octanol–water partition coefficient (Wildman–Crippen LogP) is 6.65. The quantitative estimate of drug-likeness (QED) is 0.372. The van der Waals surface area contributed by atoms with Crippen molar-refractivity contribution in [1.29, 1.82) is 0 Å². The normalized spacial score (nSPS) is 14.1. The second-order valence-electron chi connectivity index (χ2n) is 7.49. The maximum absolute atomic E-state index is 10.6. The molecule has 0 amide bonds. The third kappa shape index (κ3) is 7.23. The summed E-state index contributed by atoms with van der Waals surface area (Å²) in [6, 6.07) is 14.0. The lowest BCUT2D eigenvalue weighted by Crippen LogP contribution is -2.40. The average Bonchev–Trinajstić information content (AvgIpc) is 3.31.